The summed E-state index contributed by atoms with van der Waals surface area (Å²) in [5.74, 6) is -1.71. The Morgan fingerprint density at radius 2 is 1.48 bits per heavy atom. The molecule has 1 amide bonds. The van der Waals surface area contributed by atoms with Crippen molar-refractivity contribution in [3.63, 3.8) is 0 Å². The molecule has 25 heavy (non-hydrogen) atoms. The lowest BCUT2D eigenvalue weighted by Gasteiger charge is -2.19. The van der Waals surface area contributed by atoms with Gasteiger partial charge in [0, 0.05) is 19.2 Å². The molecule has 4 nitrogen and oxygen atoms in total. The Kier molecular flexibility index (Phi) is 6.44. The Morgan fingerprint density at radius 1 is 1.00 bits per heavy atom. The van der Waals surface area contributed by atoms with Crippen LogP contribution in [0.4, 0.5) is 26.3 Å². The summed E-state index contributed by atoms with van der Waals surface area (Å²) in [5.41, 5.74) is -3.93. The van der Waals surface area contributed by atoms with E-state index < -0.39 is 40.9 Å². The second-order valence-electron chi connectivity index (χ2n) is 5.08. The highest BCUT2D eigenvalue weighted by Gasteiger charge is 2.37. The van der Waals surface area contributed by atoms with E-state index in [1.165, 1.54) is 0 Å². The van der Waals surface area contributed by atoms with Crippen molar-refractivity contribution in [2.75, 3.05) is 20.2 Å². The van der Waals surface area contributed by atoms with Gasteiger partial charge in [-0.15, -0.1) is 0 Å². The molecule has 1 aromatic rings. The van der Waals surface area contributed by atoms with E-state index in [9.17, 15) is 35.9 Å². The number of hydrogen-bond acceptors (Lipinski definition) is 3. The lowest BCUT2D eigenvalue weighted by Crippen LogP contribution is -2.30. The number of ether oxygens (including phenoxy) is 1. The Labute approximate surface area is 139 Å². The quantitative estimate of drug-likeness (QED) is 0.585. The van der Waals surface area contributed by atoms with E-state index in [0.717, 1.165) is 11.9 Å². The van der Waals surface area contributed by atoms with Crippen molar-refractivity contribution in [1.82, 2.24) is 4.90 Å². The molecule has 0 aromatic heterocycles. The monoisotopic (exact) mass is 371 g/mol. The molecule has 0 fully saturated rings. The van der Waals surface area contributed by atoms with Crippen LogP contribution in [0.15, 0.2) is 18.2 Å². The Morgan fingerprint density at radius 3 is 1.88 bits per heavy atom. The fourth-order valence-electron chi connectivity index (χ4n) is 1.89. The van der Waals surface area contributed by atoms with E-state index in [1.807, 2.05) is 0 Å². The zero-order valence-electron chi connectivity index (χ0n) is 13.3. The van der Waals surface area contributed by atoms with Crippen LogP contribution in [0.2, 0.25) is 0 Å². The summed E-state index contributed by atoms with van der Waals surface area (Å²) in [7, 11) is 1.16. The van der Waals surface area contributed by atoms with Crippen molar-refractivity contribution >= 4 is 11.9 Å². The molecular formula is C15H15F6NO3. The van der Waals surface area contributed by atoms with Crippen LogP contribution in [-0.2, 0) is 21.9 Å². The van der Waals surface area contributed by atoms with Gasteiger partial charge in [0.1, 0.15) is 0 Å². The van der Waals surface area contributed by atoms with Gasteiger partial charge in [0.15, 0.2) is 0 Å². The number of halogens is 6. The van der Waals surface area contributed by atoms with Gasteiger partial charge in [0.25, 0.3) is 5.91 Å². The maximum absolute atomic E-state index is 12.8. The lowest BCUT2D eigenvalue weighted by atomic mass is 10.0. The maximum Gasteiger partial charge on any atom is 0.416 e. The fourth-order valence-corrected chi connectivity index (χ4v) is 1.89. The summed E-state index contributed by atoms with van der Waals surface area (Å²) >= 11 is 0. The molecule has 0 saturated heterocycles. The van der Waals surface area contributed by atoms with Crippen LogP contribution >= 0.6 is 0 Å². The second kappa shape index (κ2) is 7.75. The van der Waals surface area contributed by atoms with E-state index in [2.05, 4.69) is 4.74 Å². The number of hydrogen-bond donors (Lipinski definition) is 0. The summed E-state index contributed by atoms with van der Waals surface area (Å²) in [6.07, 6.45) is -10.3. The molecule has 0 aliphatic carbocycles. The number of esters is 1. The van der Waals surface area contributed by atoms with Crippen LogP contribution in [0.25, 0.3) is 0 Å². The standard InChI is InChI=1S/C15H15F6NO3/c1-3-25-12(23)4-5-22(2)13(24)9-6-10(14(16,17)18)8-11(7-9)15(19,20)21/h6-8H,3-5H2,1-2H3. The average Bonchev–Trinajstić information content (AvgIpc) is 2.50. The number of rotatable bonds is 5. The molecule has 1 aromatic carbocycles. The van der Waals surface area contributed by atoms with Crippen molar-refractivity contribution in [3.8, 4) is 0 Å². The molecule has 0 bridgehead atoms. The molecule has 0 aliphatic rings. The van der Waals surface area contributed by atoms with E-state index in [4.69, 9.17) is 0 Å². The molecule has 140 valence electrons. The second-order valence-corrected chi connectivity index (χ2v) is 5.08. The van der Waals surface area contributed by atoms with E-state index >= 15 is 0 Å². The highest BCUT2D eigenvalue weighted by molar-refractivity contribution is 5.94. The third-order valence-electron chi connectivity index (χ3n) is 3.14. The molecule has 10 heteroatoms. The molecule has 0 aliphatic heterocycles. The van der Waals surface area contributed by atoms with Crippen molar-refractivity contribution < 1.29 is 40.7 Å². The van der Waals surface area contributed by atoms with Crippen molar-refractivity contribution in [2.45, 2.75) is 25.7 Å². The SMILES string of the molecule is CCOC(=O)CCN(C)C(=O)c1cc(C(F)(F)F)cc(C(F)(F)F)c1. The van der Waals surface area contributed by atoms with Gasteiger partial charge in [-0.1, -0.05) is 0 Å². The molecular weight excluding hydrogens is 356 g/mol. The minimum atomic E-state index is -5.04. The van der Waals surface area contributed by atoms with Gasteiger partial charge < -0.3 is 9.64 Å². The summed E-state index contributed by atoms with van der Waals surface area (Å²) in [6, 6.07) is 0.631. The molecule has 1 rings (SSSR count). The fraction of sp³-hybridized carbons (Fsp3) is 0.467. The van der Waals surface area contributed by atoms with Crippen LogP contribution in [0, 0.1) is 0 Å². The molecule has 0 atom stereocenters. The Hall–Kier alpha value is -2.26. The third-order valence-corrected chi connectivity index (χ3v) is 3.14. The van der Waals surface area contributed by atoms with Crippen LogP contribution in [0.5, 0.6) is 0 Å². The van der Waals surface area contributed by atoms with Crippen LogP contribution in [-0.4, -0.2) is 37.0 Å². The van der Waals surface area contributed by atoms with E-state index in [-0.39, 0.29) is 25.6 Å². The highest BCUT2D eigenvalue weighted by Crippen LogP contribution is 2.36. The summed E-state index contributed by atoms with van der Waals surface area (Å²) < 4.78 is 81.3. The topological polar surface area (TPSA) is 46.6 Å². The van der Waals surface area contributed by atoms with Crippen molar-refractivity contribution in [1.29, 1.82) is 0 Å². The van der Waals surface area contributed by atoms with Crippen LogP contribution in [0.1, 0.15) is 34.8 Å². The first-order chi connectivity index (χ1) is 11.4. The third kappa shape index (κ3) is 5.95. The van der Waals surface area contributed by atoms with Crippen molar-refractivity contribution in [2.24, 2.45) is 0 Å². The summed E-state index contributed by atoms with van der Waals surface area (Å²) in [4.78, 5) is 24.2. The number of alkyl halides is 6. The predicted molar refractivity (Wildman–Crippen MR) is 74.7 cm³/mol. The van der Waals surface area contributed by atoms with E-state index in [0.29, 0.717) is 12.1 Å². The first-order valence-corrected chi connectivity index (χ1v) is 7.06. The van der Waals surface area contributed by atoms with E-state index in [1.54, 1.807) is 6.92 Å². The summed E-state index contributed by atoms with van der Waals surface area (Å²) in [5, 5.41) is 0. The maximum atomic E-state index is 12.8. The number of nitrogens with zero attached hydrogens (tertiary/aromatic N) is 1. The summed E-state index contributed by atoms with van der Waals surface area (Å²) in [6.45, 7) is 1.46. The number of benzene rings is 1. The first kappa shape index (κ1) is 20.8. The highest BCUT2D eigenvalue weighted by atomic mass is 19.4. The normalized spacial score (nSPS) is 12.0. The van der Waals surface area contributed by atoms with Gasteiger partial charge in [-0.2, -0.15) is 26.3 Å². The Balaban J connectivity index is 3.10. The minimum absolute atomic E-state index is 0.0601. The number of carbonyl (C=O) groups excluding carboxylic acids is 2. The molecule has 0 spiro atoms. The molecule has 0 unspecified atom stereocenters. The Bertz CT molecular complexity index is 607. The zero-order valence-corrected chi connectivity index (χ0v) is 13.3. The molecule has 0 saturated carbocycles. The van der Waals surface area contributed by atoms with Gasteiger partial charge in [0.2, 0.25) is 0 Å². The molecule has 0 N–H and O–H groups in total. The van der Waals surface area contributed by atoms with Gasteiger partial charge >= 0.3 is 18.3 Å². The minimum Gasteiger partial charge on any atom is -0.466 e. The smallest absolute Gasteiger partial charge is 0.416 e. The number of amides is 1. The molecule has 0 radical (unpaired) electrons. The number of carbonyl (C=O) groups is 2. The van der Waals surface area contributed by atoms with Gasteiger partial charge in [-0.3, -0.25) is 9.59 Å². The first-order valence-electron chi connectivity index (χ1n) is 7.06. The molecule has 0 heterocycles. The lowest BCUT2D eigenvalue weighted by molar-refractivity contribution is -0.144. The zero-order chi connectivity index (χ0) is 19.4. The predicted octanol–water partition coefficient (Wildman–Crippen LogP) is 3.75. The van der Waals surface area contributed by atoms with Crippen molar-refractivity contribution in [3.05, 3.63) is 34.9 Å². The van der Waals surface area contributed by atoms with Crippen LogP contribution in [0.3, 0.4) is 0 Å². The average molecular weight is 371 g/mol. The van der Waals surface area contributed by atoms with Gasteiger partial charge in [-0.05, 0) is 25.1 Å². The van der Waals surface area contributed by atoms with Gasteiger partial charge in [0.05, 0.1) is 24.2 Å². The van der Waals surface area contributed by atoms with Gasteiger partial charge in [-0.25, -0.2) is 0 Å². The van der Waals surface area contributed by atoms with Crippen LogP contribution < -0.4 is 0 Å². The largest absolute Gasteiger partial charge is 0.466 e.